The van der Waals surface area contributed by atoms with Crippen LogP contribution in [0.3, 0.4) is 0 Å². The number of ether oxygens (including phenoxy) is 1. The van der Waals surface area contributed by atoms with Gasteiger partial charge in [0.25, 0.3) is 0 Å². The number of esters is 1. The number of aldehydes is 1. The zero-order valence-corrected chi connectivity index (χ0v) is 9.78. The van der Waals surface area contributed by atoms with Crippen molar-refractivity contribution in [3.63, 3.8) is 0 Å². The van der Waals surface area contributed by atoms with Crippen LogP contribution in [0.2, 0.25) is 0 Å². The molecule has 2 aromatic rings. The van der Waals surface area contributed by atoms with E-state index in [2.05, 4.69) is 4.74 Å². The summed E-state index contributed by atoms with van der Waals surface area (Å²) in [6, 6.07) is 4.22. The van der Waals surface area contributed by atoms with Crippen molar-refractivity contribution >= 4 is 12.3 Å². The average molecular weight is 266 g/mol. The first-order valence-corrected chi connectivity index (χ1v) is 5.19. The fourth-order valence-corrected chi connectivity index (χ4v) is 1.57. The van der Waals surface area contributed by atoms with E-state index in [0.717, 1.165) is 13.2 Å². The molecule has 0 amide bonds. The standard InChI is InChI=1S/C13H8F2O4/c1-18-13(17)9-4-8(10(14)5-11(9)15)12-3-2-7(6-16)19-12/h2-6H,1H3. The Bertz CT molecular complexity index is 646. The quantitative estimate of drug-likeness (QED) is 0.633. The van der Waals surface area contributed by atoms with Gasteiger partial charge < -0.3 is 9.15 Å². The first kappa shape index (κ1) is 12.9. The number of furan rings is 1. The van der Waals surface area contributed by atoms with Gasteiger partial charge in [-0.25, -0.2) is 13.6 Å². The largest absolute Gasteiger partial charge is 0.465 e. The van der Waals surface area contributed by atoms with Gasteiger partial charge in [0.1, 0.15) is 17.4 Å². The second-order valence-electron chi connectivity index (χ2n) is 3.62. The van der Waals surface area contributed by atoms with Gasteiger partial charge in [0.15, 0.2) is 12.0 Å². The van der Waals surface area contributed by atoms with E-state index in [-0.39, 0.29) is 17.1 Å². The molecule has 98 valence electrons. The Kier molecular flexibility index (Phi) is 3.41. The molecule has 1 aromatic heterocycles. The third-order valence-electron chi connectivity index (χ3n) is 2.47. The molecule has 0 saturated heterocycles. The first-order chi connectivity index (χ1) is 9.06. The van der Waals surface area contributed by atoms with Crippen molar-refractivity contribution in [1.82, 2.24) is 0 Å². The second kappa shape index (κ2) is 5.01. The minimum absolute atomic E-state index is 0.00153. The van der Waals surface area contributed by atoms with E-state index in [1.165, 1.54) is 12.1 Å². The zero-order chi connectivity index (χ0) is 14.0. The van der Waals surface area contributed by atoms with Crippen LogP contribution in [0.4, 0.5) is 8.78 Å². The first-order valence-electron chi connectivity index (χ1n) is 5.19. The topological polar surface area (TPSA) is 56.5 Å². The van der Waals surface area contributed by atoms with Gasteiger partial charge >= 0.3 is 5.97 Å². The van der Waals surface area contributed by atoms with Crippen LogP contribution in [-0.2, 0) is 4.74 Å². The smallest absolute Gasteiger partial charge is 0.340 e. The summed E-state index contributed by atoms with van der Waals surface area (Å²) < 4.78 is 36.5. The fourth-order valence-electron chi connectivity index (χ4n) is 1.57. The van der Waals surface area contributed by atoms with Crippen LogP contribution in [0.5, 0.6) is 0 Å². The lowest BCUT2D eigenvalue weighted by atomic mass is 10.1. The van der Waals surface area contributed by atoms with Crippen molar-refractivity contribution in [1.29, 1.82) is 0 Å². The van der Waals surface area contributed by atoms with Crippen molar-refractivity contribution in [2.24, 2.45) is 0 Å². The zero-order valence-electron chi connectivity index (χ0n) is 9.78. The monoisotopic (exact) mass is 266 g/mol. The number of rotatable bonds is 3. The maximum atomic E-state index is 13.7. The van der Waals surface area contributed by atoms with E-state index in [1.54, 1.807) is 0 Å². The van der Waals surface area contributed by atoms with Gasteiger partial charge in [-0.05, 0) is 18.2 Å². The van der Waals surface area contributed by atoms with Gasteiger partial charge in [0.05, 0.1) is 18.2 Å². The molecule has 0 unspecified atom stereocenters. The third kappa shape index (κ3) is 2.37. The molecule has 1 aromatic carbocycles. The van der Waals surface area contributed by atoms with Crippen molar-refractivity contribution in [2.45, 2.75) is 0 Å². The number of carbonyl (C=O) groups excluding carboxylic acids is 2. The van der Waals surface area contributed by atoms with Gasteiger partial charge in [-0.1, -0.05) is 0 Å². The summed E-state index contributed by atoms with van der Waals surface area (Å²) in [7, 11) is 1.09. The van der Waals surface area contributed by atoms with Gasteiger partial charge in [0, 0.05) is 6.07 Å². The number of hydrogen-bond donors (Lipinski definition) is 0. The lowest BCUT2D eigenvalue weighted by Gasteiger charge is -2.05. The molecule has 19 heavy (non-hydrogen) atoms. The Morgan fingerprint density at radius 3 is 2.58 bits per heavy atom. The van der Waals surface area contributed by atoms with Crippen molar-refractivity contribution in [2.75, 3.05) is 7.11 Å². The van der Waals surface area contributed by atoms with Crippen molar-refractivity contribution < 1.29 is 27.5 Å². The highest BCUT2D eigenvalue weighted by Crippen LogP contribution is 2.27. The number of benzene rings is 1. The molecule has 4 nitrogen and oxygen atoms in total. The summed E-state index contributed by atoms with van der Waals surface area (Å²) in [4.78, 5) is 21.8. The minimum Gasteiger partial charge on any atom is -0.465 e. The lowest BCUT2D eigenvalue weighted by molar-refractivity contribution is 0.0595. The van der Waals surface area contributed by atoms with E-state index in [1.807, 2.05) is 0 Å². The third-order valence-corrected chi connectivity index (χ3v) is 2.47. The van der Waals surface area contributed by atoms with Gasteiger partial charge in [0.2, 0.25) is 0 Å². The molecule has 0 bridgehead atoms. The van der Waals surface area contributed by atoms with Crippen molar-refractivity contribution in [3.05, 3.63) is 47.2 Å². The highest BCUT2D eigenvalue weighted by molar-refractivity contribution is 5.91. The molecular formula is C13H8F2O4. The Balaban J connectivity index is 2.56. The van der Waals surface area contributed by atoms with Crippen LogP contribution in [0.15, 0.2) is 28.7 Å². The molecule has 0 fully saturated rings. The molecule has 0 aliphatic carbocycles. The Morgan fingerprint density at radius 2 is 2.00 bits per heavy atom. The highest BCUT2D eigenvalue weighted by Gasteiger charge is 2.19. The SMILES string of the molecule is COC(=O)c1cc(-c2ccc(C=O)o2)c(F)cc1F. The maximum absolute atomic E-state index is 13.7. The molecule has 2 rings (SSSR count). The molecule has 1 heterocycles. The summed E-state index contributed by atoms with van der Waals surface area (Å²) in [6.07, 6.45) is 0.451. The van der Waals surface area contributed by atoms with Crippen molar-refractivity contribution in [3.8, 4) is 11.3 Å². The molecule has 0 N–H and O–H groups in total. The van der Waals surface area contributed by atoms with Gasteiger partial charge in [-0.15, -0.1) is 0 Å². The van der Waals surface area contributed by atoms with Crippen LogP contribution < -0.4 is 0 Å². The van der Waals surface area contributed by atoms with Gasteiger partial charge in [-0.2, -0.15) is 0 Å². The average Bonchev–Trinajstić information content (AvgIpc) is 2.86. The highest BCUT2D eigenvalue weighted by atomic mass is 19.1. The molecule has 0 atom stereocenters. The second-order valence-corrected chi connectivity index (χ2v) is 3.62. The van der Waals surface area contributed by atoms with Crippen LogP contribution in [0.1, 0.15) is 20.9 Å². The van der Waals surface area contributed by atoms with Crippen LogP contribution in [0, 0.1) is 11.6 Å². The molecule has 0 aliphatic rings. The molecule has 0 radical (unpaired) electrons. The predicted molar refractivity (Wildman–Crippen MR) is 60.8 cm³/mol. The number of hydrogen-bond acceptors (Lipinski definition) is 4. The van der Waals surface area contributed by atoms with E-state index in [9.17, 15) is 18.4 Å². The summed E-state index contributed by atoms with van der Waals surface area (Å²) in [5.74, 6) is -2.85. The summed E-state index contributed by atoms with van der Waals surface area (Å²) in [5.41, 5.74) is -0.544. The Morgan fingerprint density at radius 1 is 1.26 bits per heavy atom. The molecule has 0 saturated carbocycles. The van der Waals surface area contributed by atoms with E-state index >= 15 is 0 Å². The fraction of sp³-hybridized carbons (Fsp3) is 0.0769. The molecule has 0 spiro atoms. The summed E-state index contributed by atoms with van der Waals surface area (Å²) in [5, 5.41) is 0. The normalized spacial score (nSPS) is 10.3. The van der Waals surface area contributed by atoms with Gasteiger partial charge in [-0.3, -0.25) is 4.79 Å². The van der Waals surface area contributed by atoms with Crippen LogP contribution >= 0.6 is 0 Å². The predicted octanol–water partition coefficient (Wildman–Crippen LogP) is 2.82. The number of carbonyl (C=O) groups is 2. The van der Waals surface area contributed by atoms with E-state index < -0.39 is 23.2 Å². The Labute approximate surface area is 106 Å². The minimum atomic E-state index is -1.03. The molecule has 0 aliphatic heterocycles. The molecule has 6 heteroatoms. The maximum Gasteiger partial charge on any atom is 0.340 e. The lowest BCUT2D eigenvalue weighted by Crippen LogP contribution is -2.05. The summed E-state index contributed by atoms with van der Waals surface area (Å²) in [6.45, 7) is 0. The van der Waals surface area contributed by atoms with E-state index in [4.69, 9.17) is 4.42 Å². The summed E-state index contributed by atoms with van der Waals surface area (Å²) >= 11 is 0. The van der Waals surface area contributed by atoms with E-state index in [0.29, 0.717) is 12.4 Å². The number of methoxy groups -OCH3 is 1. The Hall–Kier alpha value is -2.50. The molecular weight excluding hydrogens is 258 g/mol. The van der Waals surface area contributed by atoms with Crippen LogP contribution in [0.25, 0.3) is 11.3 Å². The number of halogens is 2. The van der Waals surface area contributed by atoms with Crippen LogP contribution in [-0.4, -0.2) is 19.4 Å².